The van der Waals surface area contributed by atoms with Crippen LogP contribution >= 0.6 is 0 Å². The number of alkyl halides is 6. The van der Waals surface area contributed by atoms with Crippen molar-refractivity contribution in [2.24, 2.45) is 11.3 Å². The summed E-state index contributed by atoms with van der Waals surface area (Å²) in [4.78, 5) is 47.9. The summed E-state index contributed by atoms with van der Waals surface area (Å²) in [6.07, 6.45) is 0.316. The molecule has 66 heavy (non-hydrogen) atoms. The van der Waals surface area contributed by atoms with Crippen molar-refractivity contribution in [3.63, 3.8) is 0 Å². The van der Waals surface area contributed by atoms with Crippen LogP contribution in [0.1, 0.15) is 108 Å². The topological polar surface area (TPSA) is 143 Å². The molecule has 4 N–H and O–H groups in total. The van der Waals surface area contributed by atoms with E-state index < -0.39 is 35.4 Å². The molecule has 10 nitrogen and oxygen atoms in total. The highest BCUT2D eigenvalue weighted by Crippen LogP contribution is 2.69. The van der Waals surface area contributed by atoms with E-state index in [0.717, 1.165) is 78.2 Å². The van der Waals surface area contributed by atoms with Crippen molar-refractivity contribution in [2.45, 2.75) is 101 Å². The zero-order valence-corrected chi connectivity index (χ0v) is 35.9. The largest absolute Gasteiger partial charge is 0.481 e. The quantitative estimate of drug-likeness (QED) is 0.0802. The Balaban J connectivity index is 0.000000179. The van der Waals surface area contributed by atoms with E-state index in [-0.39, 0.29) is 47.1 Å². The number of aromatic nitrogens is 2. The summed E-state index contributed by atoms with van der Waals surface area (Å²) in [5, 5.41) is 25.8. The zero-order chi connectivity index (χ0) is 47.2. The van der Waals surface area contributed by atoms with E-state index >= 15 is 0 Å². The van der Waals surface area contributed by atoms with Gasteiger partial charge < -0.3 is 30.0 Å². The highest BCUT2D eigenvalue weighted by Gasteiger charge is 2.67. The van der Waals surface area contributed by atoms with E-state index in [1.807, 2.05) is 58.8 Å². The lowest BCUT2D eigenvalue weighted by Crippen LogP contribution is -2.74. The van der Waals surface area contributed by atoms with Crippen molar-refractivity contribution >= 4 is 45.6 Å². The second-order valence-corrected chi connectivity index (χ2v) is 18.6. The minimum atomic E-state index is -4.38. The Morgan fingerprint density at radius 2 is 1.06 bits per heavy atom. The number of amides is 2. The molecule has 0 atom stereocenters. The number of nitrogens with zero attached hydrogens (tertiary/aromatic N) is 2. The molecule has 6 aromatic rings. The van der Waals surface area contributed by atoms with Crippen LogP contribution in [0.3, 0.4) is 0 Å². The number of hydrogen-bond donors (Lipinski definition) is 4. The maximum Gasteiger partial charge on any atom is 0.416 e. The Kier molecular flexibility index (Phi) is 12.1. The molecular weight excluding hydrogens is 867 g/mol. The molecule has 4 saturated carbocycles. The normalized spacial score (nSPS) is 22.0. The number of fused-ring (bicyclic) bond motifs is 2. The van der Waals surface area contributed by atoms with Crippen LogP contribution in [0.4, 0.5) is 26.3 Å². The molecule has 2 heterocycles. The van der Waals surface area contributed by atoms with Crippen molar-refractivity contribution < 1.29 is 55.7 Å². The SMILES string of the molecule is CC1(NC(=O)c2cccc3ccn(Cc4ccc(C(F)(F)F)cc4)c23)CC(CCC(=O)O)C1.O=C(O)CCC12CC(NC(=O)c3cccc4ccn(Cc5ccc(C(F)(F)F)cc5)c34)(C1)C2. The fourth-order valence-electron chi connectivity index (χ4n) is 10.4. The number of nitrogens with one attached hydrogen (secondary N) is 2. The lowest BCUT2D eigenvalue weighted by Gasteiger charge is -2.71. The van der Waals surface area contributed by atoms with Gasteiger partial charge in [0.25, 0.3) is 11.8 Å². The summed E-state index contributed by atoms with van der Waals surface area (Å²) in [7, 11) is 0. The van der Waals surface area contributed by atoms with Crippen LogP contribution < -0.4 is 10.6 Å². The Bertz CT molecular complexity index is 2630. The smallest absolute Gasteiger partial charge is 0.416 e. The summed E-state index contributed by atoms with van der Waals surface area (Å²) in [5.74, 6) is -1.72. The van der Waals surface area contributed by atoms with Gasteiger partial charge in [-0.3, -0.25) is 19.2 Å². The maximum absolute atomic E-state index is 13.2. The number of benzene rings is 4. The van der Waals surface area contributed by atoms with Gasteiger partial charge in [-0.05, 0) is 123 Å². The highest BCUT2D eigenvalue weighted by atomic mass is 19.4. The molecule has 4 aromatic carbocycles. The van der Waals surface area contributed by atoms with E-state index in [2.05, 4.69) is 10.6 Å². The van der Waals surface area contributed by atoms with Crippen LogP contribution in [0, 0.1) is 11.3 Å². The summed E-state index contributed by atoms with van der Waals surface area (Å²) >= 11 is 0. The van der Waals surface area contributed by atoms with Gasteiger partial charge in [0, 0.05) is 60.2 Å². The van der Waals surface area contributed by atoms with Gasteiger partial charge in [-0.15, -0.1) is 0 Å². The number of carbonyl (C=O) groups excluding carboxylic acids is 2. The van der Waals surface area contributed by atoms with E-state index in [4.69, 9.17) is 10.2 Å². The van der Waals surface area contributed by atoms with Crippen molar-refractivity contribution in [3.05, 3.63) is 143 Å². The van der Waals surface area contributed by atoms with Crippen molar-refractivity contribution in [3.8, 4) is 0 Å². The number of aliphatic carboxylic acids is 2. The van der Waals surface area contributed by atoms with Gasteiger partial charge in [0.05, 0.1) is 33.3 Å². The van der Waals surface area contributed by atoms with Crippen molar-refractivity contribution in [2.75, 3.05) is 0 Å². The van der Waals surface area contributed by atoms with Gasteiger partial charge in [0.15, 0.2) is 0 Å². The van der Waals surface area contributed by atoms with Crippen LogP contribution in [0.5, 0.6) is 0 Å². The van der Waals surface area contributed by atoms with Gasteiger partial charge in [0.2, 0.25) is 0 Å². The number of carboxylic acid groups (broad SMARTS) is 2. The minimum Gasteiger partial charge on any atom is -0.481 e. The standard InChI is InChI=1S/C25H23F3N2O3.C25H25F3N2O3/c26-25(27,28)18-6-4-16(5-7-18)12-30-11-9-17-2-1-3-19(21(17)30)22(33)29-24-13-23(14-24,15-24)10-8-20(31)32;1-24(13-17(14-24)7-10-21(31)32)29-23(33)20-4-2-3-18-11-12-30(22(18)20)15-16-5-8-19(9-6-16)25(26,27)28/h1-7,9,11H,8,10,12-15H2,(H,29,33)(H,31,32);2-6,8-9,11-12,17H,7,10,13-15H2,1H3,(H,29,33)(H,31,32). The van der Waals surface area contributed by atoms with Crippen molar-refractivity contribution in [1.29, 1.82) is 0 Å². The van der Waals surface area contributed by atoms with E-state index in [9.17, 15) is 45.5 Å². The number of hydrogen-bond acceptors (Lipinski definition) is 4. The lowest BCUT2D eigenvalue weighted by atomic mass is 9.38. The summed E-state index contributed by atoms with van der Waals surface area (Å²) < 4.78 is 80.8. The molecule has 4 aliphatic rings. The molecule has 4 aliphatic carbocycles. The molecule has 2 amide bonds. The Morgan fingerprint density at radius 1 is 0.621 bits per heavy atom. The van der Waals surface area contributed by atoms with Crippen LogP contribution in [0.2, 0.25) is 0 Å². The van der Waals surface area contributed by atoms with Crippen molar-refractivity contribution in [1.82, 2.24) is 19.8 Å². The second-order valence-electron chi connectivity index (χ2n) is 18.6. The minimum absolute atomic E-state index is 0.0560. The third kappa shape index (κ3) is 9.82. The summed E-state index contributed by atoms with van der Waals surface area (Å²) in [6.45, 7) is 2.64. The number of para-hydroxylation sites is 2. The van der Waals surface area contributed by atoms with Gasteiger partial charge in [-0.2, -0.15) is 26.3 Å². The van der Waals surface area contributed by atoms with E-state index in [1.165, 1.54) is 24.3 Å². The molecule has 0 spiro atoms. The lowest BCUT2D eigenvalue weighted by molar-refractivity contribution is -0.161. The second kappa shape index (κ2) is 17.3. The Hall–Kier alpha value is -6.58. The predicted molar refractivity (Wildman–Crippen MR) is 234 cm³/mol. The fraction of sp³-hybridized carbons (Fsp3) is 0.360. The van der Waals surface area contributed by atoms with E-state index in [1.54, 1.807) is 18.2 Å². The highest BCUT2D eigenvalue weighted by molar-refractivity contribution is 6.07. The number of rotatable bonds is 14. The third-order valence-corrected chi connectivity index (χ3v) is 13.4. The predicted octanol–water partition coefficient (Wildman–Crippen LogP) is 10.7. The third-order valence-electron chi connectivity index (χ3n) is 13.4. The first-order chi connectivity index (χ1) is 31.1. The van der Waals surface area contributed by atoms with Gasteiger partial charge in [-0.1, -0.05) is 48.5 Å². The van der Waals surface area contributed by atoms with Gasteiger partial charge >= 0.3 is 24.3 Å². The van der Waals surface area contributed by atoms with Crippen LogP contribution in [-0.2, 0) is 35.0 Å². The Morgan fingerprint density at radius 3 is 1.48 bits per heavy atom. The first-order valence-corrected chi connectivity index (χ1v) is 21.7. The number of halogens is 6. The zero-order valence-electron chi connectivity index (χ0n) is 35.9. The molecule has 10 rings (SSSR count). The molecule has 0 radical (unpaired) electrons. The van der Waals surface area contributed by atoms with Gasteiger partial charge in [0.1, 0.15) is 0 Å². The number of carboxylic acids is 2. The van der Waals surface area contributed by atoms with Crippen LogP contribution in [0.15, 0.2) is 109 Å². The molecule has 2 aromatic heterocycles. The summed E-state index contributed by atoms with van der Waals surface area (Å²) in [6, 6.07) is 24.7. The van der Waals surface area contributed by atoms with Crippen LogP contribution in [0.25, 0.3) is 21.8 Å². The Labute approximate surface area is 375 Å². The molecule has 16 heteroatoms. The molecule has 346 valence electrons. The maximum atomic E-state index is 13.2. The first-order valence-electron chi connectivity index (χ1n) is 21.7. The molecule has 0 aliphatic heterocycles. The molecule has 2 bridgehead atoms. The monoisotopic (exact) mass is 914 g/mol. The van der Waals surface area contributed by atoms with Crippen LogP contribution in [-0.4, -0.2) is 54.2 Å². The molecular formula is C50H48F6N4O6. The number of carbonyl (C=O) groups is 4. The fourth-order valence-corrected chi connectivity index (χ4v) is 10.4. The average Bonchev–Trinajstić information content (AvgIpc) is 3.83. The molecule has 0 saturated heterocycles. The molecule has 4 fully saturated rings. The first kappa shape index (κ1) is 46.0. The van der Waals surface area contributed by atoms with Gasteiger partial charge in [-0.25, -0.2) is 0 Å². The molecule has 0 unspecified atom stereocenters. The van der Waals surface area contributed by atoms with E-state index in [0.29, 0.717) is 48.2 Å². The average molecular weight is 915 g/mol. The summed E-state index contributed by atoms with van der Waals surface area (Å²) in [5.41, 5.74) is 1.92.